The first-order valence-corrected chi connectivity index (χ1v) is 9.85. The number of carbonyl (C=O) groups excluding carboxylic acids is 1. The molecule has 0 unspecified atom stereocenters. The lowest BCUT2D eigenvalue weighted by Crippen LogP contribution is -2.37. The highest BCUT2D eigenvalue weighted by molar-refractivity contribution is 7.80. The molecule has 31 heavy (non-hydrogen) atoms. The van der Waals surface area contributed by atoms with Gasteiger partial charge in [-0.25, -0.2) is 4.98 Å². The first-order chi connectivity index (χ1) is 15.1. The third kappa shape index (κ3) is 5.18. The van der Waals surface area contributed by atoms with Gasteiger partial charge in [-0.05, 0) is 66.8 Å². The number of anilines is 1. The Morgan fingerprint density at radius 1 is 1.03 bits per heavy atom. The van der Waals surface area contributed by atoms with Gasteiger partial charge in [0, 0.05) is 11.3 Å². The molecule has 7 nitrogen and oxygen atoms in total. The third-order valence-electron chi connectivity index (χ3n) is 4.35. The monoisotopic (exact) mass is 433 g/mol. The molecular weight excluding hydrogens is 414 g/mol. The molecule has 0 radical (unpaired) electrons. The lowest BCUT2D eigenvalue weighted by molar-refractivity contribution is -0.121. The van der Waals surface area contributed by atoms with Gasteiger partial charge in [-0.3, -0.25) is 10.1 Å². The minimum Gasteiger partial charge on any atom is -0.497 e. The number of hydrogen-bond donors (Lipinski definition) is 2. The SMILES string of the molecule is COc1ccc(-c2nc3cc(NC(=S)NC(=O)COc4ccccc4)ccc3o2)cc1. The number of fused-ring (bicyclic) bond motifs is 1. The number of hydrogen-bond acceptors (Lipinski definition) is 6. The van der Waals surface area contributed by atoms with Gasteiger partial charge in [-0.2, -0.15) is 0 Å². The van der Waals surface area contributed by atoms with Crippen LogP contribution in [-0.4, -0.2) is 29.7 Å². The van der Waals surface area contributed by atoms with Crippen LogP contribution >= 0.6 is 12.2 Å². The molecule has 156 valence electrons. The van der Waals surface area contributed by atoms with Gasteiger partial charge in [-0.15, -0.1) is 0 Å². The predicted molar refractivity (Wildman–Crippen MR) is 122 cm³/mol. The van der Waals surface area contributed by atoms with E-state index < -0.39 is 0 Å². The largest absolute Gasteiger partial charge is 0.497 e. The normalized spacial score (nSPS) is 10.5. The van der Waals surface area contributed by atoms with Crippen LogP contribution in [0.2, 0.25) is 0 Å². The lowest BCUT2D eigenvalue weighted by Gasteiger charge is -2.10. The fraction of sp³-hybridized carbons (Fsp3) is 0.0870. The molecule has 3 aromatic carbocycles. The fourth-order valence-electron chi connectivity index (χ4n) is 2.85. The number of nitrogens with zero attached hydrogens (tertiary/aromatic N) is 1. The molecule has 0 atom stereocenters. The molecule has 0 bridgehead atoms. The number of nitrogens with one attached hydrogen (secondary N) is 2. The Morgan fingerprint density at radius 2 is 1.81 bits per heavy atom. The molecule has 0 spiro atoms. The number of methoxy groups -OCH3 is 1. The Balaban J connectivity index is 1.37. The van der Waals surface area contributed by atoms with Crippen molar-refractivity contribution in [3.8, 4) is 23.0 Å². The zero-order chi connectivity index (χ0) is 21.6. The Hall–Kier alpha value is -3.91. The molecule has 0 aliphatic heterocycles. The van der Waals surface area contributed by atoms with Gasteiger partial charge in [0.15, 0.2) is 17.3 Å². The van der Waals surface area contributed by atoms with Crippen LogP contribution in [0.4, 0.5) is 5.69 Å². The molecule has 4 rings (SSSR count). The quantitative estimate of drug-likeness (QED) is 0.436. The number of thiocarbonyl (C=S) groups is 1. The molecule has 0 aliphatic rings. The molecule has 4 aromatic rings. The summed E-state index contributed by atoms with van der Waals surface area (Å²) in [6.45, 7) is -0.140. The minimum absolute atomic E-state index is 0.140. The fourth-order valence-corrected chi connectivity index (χ4v) is 3.08. The van der Waals surface area contributed by atoms with Crippen molar-refractivity contribution in [2.24, 2.45) is 0 Å². The van der Waals surface area contributed by atoms with E-state index in [4.69, 9.17) is 26.1 Å². The maximum absolute atomic E-state index is 12.0. The van der Waals surface area contributed by atoms with E-state index in [1.165, 1.54) is 0 Å². The second-order valence-electron chi connectivity index (χ2n) is 6.53. The summed E-state index contributed by atoms with van der Waals surface area (Å²) >= 11 is 5.22. The highest BCUT2D eigenvalue weighted by Crippen LogP contribution is 2.27. The van der Waals surface area contributed by atoms with Crippen molar-refractivity contribution in [2.75, 3.05) is 19.0 Å². The van der Waals surface area contributed by atoms with Crippen molar-refractivity contribution in [3.63, 3.8) is 0 Å². The lowest BCUT2D eigenvalue weighted by atomic mass is 10.2. The topological polar surface area (TPSA) is 85.6 Å². The van der Waals surface area contributed by atoms with Crippen LogP contribution in [0.3, 0.4) is 0 Å². The average molecular weight is 433 g/mol. The highest BCUT2D eigenvalue weighted by Gasteiger charge is 2.11. The Morgan fingerprint density at radius 3 is 2.55 bits per heavy atom. The van der Waals surface area contributed by atoms with Crippen molar-refractivity contribution in [3.05, 3.63) is 72.8 Å². The van der Waals surface area contributed by atoms with E-state index in [1.807, 2.05) is 42.5 Å². The van der Waals surface area contributed by atoms with Gasteiger partial charge in [0.05, 0.1) is 7.11 Å². The molecule has 0 aliphatic carbocycles. The van der Waals surface area contributed by atoms with Crippen LogP contribution in [0.1, 0.15) is 0 Å². The summed E-state index contributed by atoms with van der Waals surface area (Å²) in [4.78, 5) is 16.6. The van der Waals surface area contributed by atoms with E-state index in [9.17, 15) is 4.79 Å². The summed E-state index contributed by atoms with van der Waals surface area (Å²) in [5, 5.41) is 5.73. The number of ether oxygens (including phenoxy) is 2. The van der Waals surface area contributed by atoms with Crippen LogP contribution in [0.25, 0.3) is 22.6 Å². The zero-order valence-electron chi connectivity index (χ0n) is 16.6. The van der Waals surface area contributed by atoms with E-state index in [-0.39, 0.29) is 17.6 Å². The van der Waals surface area contributed by atoms with E-state index in [1.54, 1.807) is 37.4 Å². The summed E-state index contributed by atoms with van der Waals surface area (Å²) in [5.41, 5.74) is 2.82. The number of rotatable bonds is 6. The number of para-hydroxylation sites is 1. The van der Waals surface area contributed by atoms with E-state index >= 15 is 0 Å². The third-order valence-corrected chi connectivity index (χ3v) is 4.55. The summed E-state index contributed by atoms with van der Waals surface area (Å²) in [6, 6.07) is 21.9. The molecule has 1 heterocycles. The Bertz CT molecular complexity index is 1210. The molecular formula is C23H19N3O4S. The Kier molecular flexibility index (Phi) is 6.09. The molecule has 1 amide bonds. The maximum Gasteiger partial charge on any atom is 0.264 e. The van der Waals surface area contributed by atoms with Gasteiger partial charge in [0.2, 0.25) is 5.89 Å². The Labute approximate surface area is 184 Å². The van der Waals surface area contributed by atoms with Crippen LogP contribution in [0, 0.1) is 0 Å². The van der Waals surface area contributed by atoms with E-state index in [0.717, 1.165) is 11.3 Å². The number of carbonyl (C=O) groups is 1. The van der Waals surface area contributed by atoms with Crippen molar-refractivity contribution in [1.29, 1.82) is 0 Å². The summed E-state index contributed by atoms with van der Waals surface area (Å²) in [6.07, 6.45) is 0. The van der Waals surface area contributed by atoms with Crippen molar-refractivity contribution < 1.29 is 18.7 Å². The van der Waals surface area contributed by atoms with Crippen LogP contribution in [0.5, 0.6) is 11.5 Å². The summed E-state index contributed by atoms with van der Waals surface area (Å²) < 4.78 is 16.4. The van der Waals surface area contributed by atoms with E-state index in [2.05, 4.69) is 15.6 Å². The first kappa shape index (κ1) is 20.4. The van der Waals surface area contributed by atoms with Crippen LogP contribution in [-0.2, 0) is 4.79 Å². The standard InChI is InChI=1S/C23H19N3O4S/c1-28-17-10-7-15(8-11-17)22-25-19-13-16(9-12-20(19)30-22)24-23(31)26-21(27)14-29-18-5-3-2-4-6-18/h2-13H,14H2,1H3,(H2,24,26,27,31). The number of oxazole rings is 1. The second-order valence-corrected chi connectivity index (χ2v) is 6.94. The van der Waals surface area contributed by atoms with Crippen molar-refractivity contribution in [1.82, 2.24) is 10.3 Å². The number of benzene rings is 3. The van der Waals surface area contributed by atoms with Gasteiger partial charge in [0.25, 0.3) is 5.91 Å². The second kappa shape index (κ2) is 9.27. The number of aromatic nitrogens is 1. The predicted octanol–water partition coefficient (Wildman–Crippen LogP) is 4.40. The van der Waals surface area contributed by atoms with Gasteiger partial charge < -0.3 is 19.2 Å². The average Bonchev–Trinajstić information content (AvgIpc) is 3.22. The van der Waals surface area contributed by atoms with Crippen molar-refractivity contribution >= 4 is 40.0 Å². The smallest absolute Gasteiger partial charge is 0.264 e. The molecule has 1 aromatic heterocycles. The molecule has 0 saturated carbocycles. The minimum atomic E-state index is -0.356. The van der Waals surface area contributed by atoms with Crippen LogP contribution in [0.15, 0.2) is 77.2 Å². The van der Waals surface area contributed by atoms with Crippen LogP contribution < -0.4 is 20.1 Å². The molecule has 8 heteroatoms. The highest BCUT2D eigenvalue weighted by atomic mass is 32.1. The summed E-state index contributed by atoms with van der Waals surface area (Å²) in [5.74, 6) is 1.52. The van der Waals surface area contributed by atoms with E-state index in [0.29, 0.717) is 28.4 Å². The molecule has 0 saturated heterocycles. The summed E-state index contributed by atoms with van der Waals surface area (Å²) in [7, 11) is 1.62. The first-order valence-electron chi connectivity index (χ1n) is 9.44. The zero-order valence-corrected chi connectivity index (χ0v) is 17.4. The van der Waals surface area contributed by atoms with Gasteiger partial charge in [0.1, 0.15) is 17.0 Å². The molecule has 0 fully saturated rings. The molecule has 2 N–H and O–H groups in total. The number of amides is 1. The van der Waals surface area contributed by atoms with Crippen molar-refractivity contribution in [2.45, 2.75) is 0 Å². The maximum atomic E-state index is 12.0. The van der Waals surface area contributed by atoms with Gasteiger partial charge >= 0.3 is 0 Å². The van der Waals surface area contributed by atoms with Gasteiger partial charge in [-0.1, -0.05) is 18.2 Å².